The standard InChI is InChI=1S/C31H30N4O5/c1-20-29(30(37)35(22-8-6-5-7-9-22)34(20)19-31(2,3)38)27(36)16-21-10-11-24(18-33-21)40-28-14-15-32-26-17-23(39-4)12-13-25(26)28/h5-15,17-18,38H,16,19H2,1-4H3. The van der Waals surface area contributed by atoms with Gasteiger partial charge in [0.2, 0.25) is 0 Å². The molecule has 5 rings (SSSR count). The van der Waals surface area contributed by atoms with Crippen LogP contribution in [0.2, 0.25) is 0 Å². The molecule has 0 radical (unpaired) electrons. The Morgan fingerprint density at radius 3 is 2.42 bits per heavy atom. The van der Waals surface area contributed by atoms with Crippen LogP contribution in [0.1, 0.15) is 35.6 Å². The maximum atomic E-state index is 13.5. The highest BCUT2D eigenvalue weighted by Crippen LogP contribution is 2.30. The Kier molecular flexibility index (Phi) is 7.23. The van der Waals surface area contributed by atoms with Gasteiger partial charge in [0.25, 0.3) is 5.56 Å². The zero-order chi connectivity index (χ0) is 28.4. The Bertz CT molecular complexity index is 1730. The lowest BCUT2D eigenvalue weighted by Crippen LogP contribution is -2.32. The number of benzene rings is 2. The Balaban J connectivity index is 1.40. The van der Waals surface area contributed by atoms with Gasteiger partial charge in [-0.3, -0.25) is 24.2 Å². The number of Topliss-reactive ketones (excluding diaryl/α,β-unsaturated/α-hetero) is 1. The number of nitrogens with zero attached hydrogens (tertiary/aromatic N) is 4. The van der Waals surface area contributed by atoms with E-state index >= 15 is 0 Å². The van der Waals surface area contributed by atoms with Gasteiger partial charge in [-0.1, -0.05) is 18.2 Å². The molecule has 3 heterocycles. The minimum atomic E-state index is -1.10. The first-order valence-electron chi connectivity index (χ1n) is 12.8. The molecule has 0 spiro atoms. The Morgan fingerprint density at radius 2 is 1.75 bits per heavy atom. The number of rotatable bonds is 9. The Morgan fingerprint density at radius 1 is 1.00 bits per heavy atom. The van der Waals surface area contributed by atoms with Crippen LogP contribution in [0.3, 0.4) is 0 Å². The van der Waals surface area contributed by atoms with Crippen molar-refractivity contribution in [3.63, 3.8) is 0 Å². The number of methoxy groups -OCH3 is 1. The van der Waals surface area contributed by atoms with E-state index in [0.717, 1.165) is 10.9 Å². The highest BCUT2D eigenvalue weighted by atomic mass is 16.5. The normalized spacial score (nSPS) is 11.5. The average Bonchev–Trinajstić information content (AvgIpc) is 3.17. The van der Waals surface area contributed by atoms with Crippen molar-refractivity contribution in [2.75, 3.05) is 7.11 Å². The molecule has 40 heavy (non-hydrogen) atoms. The molecule has 204 valence electrons. The van der Waals surface area contributed by atoms with Gasteiger partial charge < -0.3 is 14.6 Å². The van der Waals surface area contributed by atoms with Gasteiger partial charge in [0.15, 0.2) is 5.78 Å². The predicted molar refractivity (Wildman–Crippen MR) is 152 cm³/mol. The molecule has 0 saturated heterocycles. The van der Waals surface area contributed by atoms with Gasteiger partial charge in [-0.25, -0.2) is 4.68 Å². The van der Waals surface area contributed by atoms with Gasteiger partial charge in [-0.15, -0.1) is 0 Å². The molecule has 3 aromatic heterocycles. The summed E-state index contributed by atoms with van der Waals surface area (Å²) in [6, 6.07) is 19.8. The fourth-order valence-electron chi connectivity index (χ4n) is 4.63. The first-order chi connectivity index (χ1) is 19.1. The molecular formula is C31H30N4O5. The van der Waals surface area contributed by atoms with Crippen LogP contribution in [-0.2, 0) is 13.0 Å². The highest BCUT2D eigenvalue weighted by Gasteiger charge is 2.27. The number of aliphatic hydroxyl groups is 1. The van der Waals surface area contributed by atoms with Crippen molar-refractivity contribution < 1.29 is 19.4 Å². The summed E-state index contributed by atoms with van der Waals surface area (Å²) < 4.78 is 14.4. The van der Waals surface area contributed by atoms with E-state index < -0.39 is 11.2 Å². The highest BCUT2D eigenvalue weighted by molar-refractivity contribution is 5.98. The first kappa shape index (κ1) is 26.8. The average molecular weight is 539 g/mol. The van der Waals surface area contributed by atoms with Gasteiger partial charge in [-0.05, 0) is 63.2 Å². The molecule has 0 fully saturated rings. The van der Waals surface area contributed by atoms with Crippen LogP contribution in [0, 0.1) is 6.92 Å². The van der Waals surface area contributed by atoms with Gasteiger partial charge in [0.05, 0.1) is 43.1 Å². The monoisotopic (exact) mass is 538 g/mol. The summed E-state index contributed by atoms with van der Waals surface area (Å²) in [5, 5.41) is 11.3. The minimum absolute atomic E-state index is 0.0599. The van der Waals surface area contributed by atoms with Crippen LogP contribution in [-0.4, -0.2) is 42.9 Å². The van der Waals surface area contributed by atoms with E-state index in [2.05, 4.69) is 9.97 Å². The van der Waals surface area contributed by atoms with E-state index in [1.807, 2.05) is 36.4 Å². The topological polar surface area (TPSA) is 108 Å². The number of hydrogen-bond donors (Lipinski definition) is 1. The number of para-hydroxylation sites is 1. The lowest BCUT2D eigenvalue weighted by Gasteiger charge is -2.22. The van der Waals surface area contributed by atoms with Gasteiger partial charge in [0, 0.05) is 29.0 Å². The number of aromatic nitrogens is 4. The second-order valence-corrected chi connectivity index (χ2v) is 10.2. The number of pyridine rings is 2. The van der Waals surface area contributed by atoms with E-state index in [1.54, 1.807) is 75.3 Å². The van der Waals surface area contributed by atoms with E-state index in [1.165, 1.54) is 4.68 Å². The SMILES string of the molecule is COc1ccc2c(Oc3ccc(CC(=O)c4c(C)n(CC(C)(C)O)n(-c5ccccc5)c4=O)nc3)ccnc2c1. The fraction of sp³-hybridized carbons (Fsp3) is 0.226. The van der Waals surface area contributed by atoms with Gasteiger partial charge in [-0.2, -0.15) is 0 Å². The fourth-order valence-corrected chi connectivity index (χ4v) is 4.63. The Labute approximate surface area is 231 Å². The van der Waals surface area contributed by atoms with Crippen molar-refractivity contribution >= 4 is 16.7 Å². The van der Waals surface area contributed by atoms with Crippen LogP contribution in [0.25, 0.3) is 16.6 Å². The van der Waals surface area contributed by atoms with Crippen molar-refractivity contribution in [3.05, 3.63) is 106 Å². The zero-order valence-electron chi connectivity index (χ0n) is 22.8. The van der Waals surface area contributed by atoms with Crippen molar-refractivity contribution in [1.29, 1.82) is 0 Å². The smallest absolute Gasteiger partial charge is 0.282 e. The third-order valence-electron chi connectivity index (χ3n) is 6.49. The molecule has 0 bridgehead atoms. The molecule has 5 aromatic rings. The van der Waals surface area contributed by atoms with E-state index in [-0.39, 0.29) is 24.3 Å². The molecule has 0 aliphatic heterocycles. The number of carbonyl (C=O) groups excluding carboxylic acids is 1. The summed E-state index contributed by atoms with van der Waals surface area (Å²) >= 11 is 0. The van der Waals surface area contributed by atoms with Crippen LogP contribution < -0.4 is 15.0 Å². The molecule has 0 saturated carbocycles. The van der Waals surface area contributed by atoms with Crippen LogP contribution in [0.15, 0.2) is 83.9 Å². The lowest BCUT2D eigenvalue weighted by atomic mass is 10.1. The molecule has 0 unspecified atom stereocenters. The lowest BCUT2D eigenvalue weighted by molar-refractivity contribution is 0.0546. The molecule has 0 aliphatic rings. The van der Waals surface area contributed by atoms with Crippen molar-refractivity contribution in [1.82, 2.24) is 19.3 Å². The molecule has 2 aromatic carbocycles. The van der Waals surface area contributed by atoms with Crippen molar-refractivity contribution in [2.45, 2.75) is 39.3 Å². The number of ketones is 1. The molecule has 9 heteroatoms. The summed E-state index contributed by atoms with van der Waals surface area (Å²) in [4.78, 5) is 35.7. The molecule has 0 atom stereocenters. The number of ether oxygens (including phenoxy) is 2. The maximum absolute atomic E-state index is 13.5. The summed E-state index contributed by atoms with van der Waals surface area (Å²) in [5.41, 5.74) is 0.884. The van der Waals surface area contributed by atoms with E-state index in [4.69, 9.17) is 9.47 Å². The van der Waals surface area contributed by atoms with Crippen LogP contribution in [0.5, 0.6) is 17.2 Å². The maximum Gasteiger partial charge on any atom is 0.282 e. The largest absolute Gasteiger partial charge is 0.497 e. The quantitative estimate of drug-likeness (QED) is 0.266. The Hall–Kier alpha value is -4.76. The molecule has 0 amide bonds. The first-order valence-corrected chi connectivity index (χ1v) is 12.8. The van der Waals surface area contributed by atoms with Gasteiger partial charge >= 0.3 is 0 Å². The van der Waals surface area contributed by atoms with Crippen molar-refractivity contribution in [3.8, 4) is 22.9 Å². The summed E-state index contributed by atoms with van der Waals surface area (Å²) in [6.07, 6.45) is 3.15. The van der Waals surface area contributed by atoms with Crippen LogP contribution in [0.4, 0.5) is 0 Å². The third kappa shape index (κ3) is 5.50. The second-order valence-electron chi connectivity index (χ2n) is 10.2. The molecular weight excluding hydrogens is 508 g/mol. The van der Waals surface area contributed by atoms with E-state index in [0.29, 0.717) is 34.3 Å². The number of carbonyl (C=O) groups is 1. The molecule has 0 aliphatic carbocycles. The number of hydrogen-bond acceptors (Lipinski definition) is 7. The predicted octanol–water partition coefficient (Wildman–Crippen LogP) is 4.89. The summed E-state index contributed by atoms with van der Waals surface area (Å²) in [7, 11) is 1.60. The minimum Gasteiger partial charge on any atom is -0.497 e. The van der Waals surface area contributed by atoms with Gasteiger partial charge in [0.1, 0.15) is 22.8 Å². The molecule has 9 nitrogen and oxygen atoms in total. The second kappa shape index (κ2) is 10.8. The zero-order valence-corrected chi connectivity index (χ0v) is 22.8. The molecule has 1 N–H and O–H groups in total. The third-order valence-corrected chi connectivity index (χ3v) is 6.49. The van der Waals surface area contributed by atoms with E-state index in [9.17, 15) is 14.7 Å². The van der Waals surface area contributed by atoms with Crippen molar-refractivity contribution in [2.24, 2.45) is 0 Å². The summed E-state index contributed by atoms with van der Waals surface area (Å²) in [6.45, 7) is 5.18. The number of fused-ring (bicyclic) bond motifs is 1. The summed E-state index contributed by atoms with van der Waals surface area (Å²) in [5.74, 6) is 1.47. The van der Waals surface area contributed by atoms with Crippen LogP contribution >= 0.6 is 0 Å².